The summed E-state index contributed by atoms with van der Waals surface area (Å²) in [5.74, 6) is 0.424. The van der Waals surface area contributed by atoms with Gasteiger partial charge in [0.15, 0.2) is 0 Å². The van der Waals surface area contributed by atoms with E-state index in [1.807, 2.05) is 18.2 Å². The summed E-state index contributed by atoms with van der Waals surface area (Å²) in [5.41, 5.74) is 20.9. The van der Waals surface area contributed by atoms with Crippen molar-refractivity contribution in [2.24, 2.45) is 5.92 Å². The number of nitrogens with zero attached hydrogens (tertiary/aromatic N) is 2. The Kier molecular flexibility index (Phi) is 11.4. The molecule has 0 heterocycles. The number of allylic oxidation sites excluding steroid dienone is 17. The Morgan fingerprint density at radius 2 is 1.10 bits per heavy atom. The molecule has 1 atom stereocenters. The molecule has 60 heavy (non-hydrogen) atoms. The van der Waals surface area contributed by atoms with Gasteiger partial charge in [-0.05, 0) is 174 Å². The summed E-state index contributed by atoms with van der Waals surface area (Å²) in [4.78, 5) is 4.72. The van der Waals surface area contributed by atoms with Gasteiger partial charge >= 0.3 is 0 Å². The van der Waals surface area contributed by atoms with E-state index in [0.29, 0.717) is 5.92 Å². The first-order chi connectivity index (χ1) is 29.6. The Morgan fingerprint density at radius 1 is 0.567 bits per heavy atom. The lowest BCUT2D eigenvalue weighted by molar-refractivity contribution is 0.762. The largest absolute Gasteiger partial charge is 0.311 e. The highest BCUT2D eigenvalue weighted by Crippen LogP contribution is 2.39. The summed E-state index contributed by atoms with van der Waals surface area (Å²) in [6, 6.07) is 44.6. The zero-order chi connectivity index (χ0) is 40.7. The van der Waals surface area contributed by atoms with Crippen molar-refractivity contribution >= 4 is 45.2 Å². The summed E-state index contributed by atoms with van der Waals surface area (Å²) < 4.78 is 0. The van der Waals surface area contributed by atoms with Crippen LogP contribution in [0, 0.1) is 5.92 Å². The van der Waals surface area contributed by atoms with Crippen LogP contribution in [0.25, 0.3) is 27.8 Å². The number of benzene rings is 5. The first-order valence-electron chi connectivity index (χ1n) is 21.3. The van der Waals surface area contributed by atoms with Crippen LogP contribution in [-0.2, 0) is 0 Å². The van der Waals surface area contributed by atoms with Crippen molar-refractivity contribution in [2.45, 2.75) is 39.0 Å². The second kappa shape index (κ2) is 17.8. The highest BCUT2D eigenvalue weighted by atomic mass is 15.1. The predicted molar refractivity (Wildman–Crippen MR) is 258 cm³/mol. The van der Waals surface area contributed by atoms with Crippen molar-refractivity contribution in [1.82, 2.24) is 0 Å². The van der Waals surface area contributed by atoms with E-state index in [1.54, 1.807) is 0 Å². The zero-order valence-electron chi connectivity index (χ0n) is 34.3. The first kappa shape index (κ1) is 38.4. The fourth-order valence-corrected chi connectivity index (χ4v) is 8.57. The molecule has 4 aliphatic rings. The maximum atomic E-state index is 4.01. The summed E-state index contributed by atoms with van der Waals surface area (Å²) in [6.45, 7) is 6.06. The summed E-state index contributed by atoms with van der Waals surface area (Å²) in [6.07, 6.45) is 36.6. The molecule has 0 aromatic heterocycles. The van der Waals surface area contributed by atoms with Crippen LogP contribution in [0.3, 0.4) is 0 Å². The molecule has 0 fully saturated rings. The molecule has 0 saturated heterocycles. The zero-order valence-corrected chi connectivity index (χ0v) is 34.3. The van der Waals surface area contributed by atoms with E-state index >= 15 is 0 Å². The average Bonchev–Trinajstić information content (AvgIpc) is 3.88. The third-order valence-electron chi connectivity index (χ3n) is 11.9. The molecule has 0 spiro atoms. The van der Waals surface area contributed by atoms with Crippen LogP contribution in [0.5, 0.6) is 0 Å². The topological polar surface area (TPSA) is 6.48 Å². The molecule has 1 unspecified atom stereocenters. The second-order valence-corrected chi connectivity index (χ2v) is 15.6. The Morgan fingerprint density at radius 3 is 1.57 bits per heavy atom. The van der Waals surface area contributed by atoms with Gasteiger partial charge in [-0.2, -0.15) is 0 Å². The van der Waals surface area contributed by atoms with Gasteiger partial charge in [0.05, 0.1) is 0 Å². The van der Waals surface area contributed by atoms with Gasteiger partial charge in [-0.15, -0.1) is 5.73 Å². The van der Waals surface area contributed by atoms with E-state index in [2.05, 4.69) is 217 Å². The van der Waals surface area contributed by atoms with Crippen LogP contribution < -0.4 is 9.80 Å². The number of rotatable bonds is 12. The Hall–Kier alpha value is -7.12. The third kappa shape index (κ3) is 8.25. The van der Waals surface area contributed by atoms with Crippen LogP contribution in [0.1, 0.15) is 55.7 Å². The number of hydrogen-bond acceptors (Lipinski definition) is 2. The maximum absolute atomic E-state index is 4.01. The van der Waals surface area contributed by atoms with Crippen LogP contribution in [-0.4, -0.2) is 0 Å². The van der Waals surface area contributed by atoms with Gasteiger partial charge in [-0.1, -0.05) is 128 Å². The van der Waals surface area contributed by atoms with Crippen molar-refractivity contribution < 1.29 is 0 Å². The normalized spacial score (nSPS) is 16.9. The SMILES string of the molecule is C=C/C(=C\C)c1ccc(N(c2ccc(C3=CC=C=C3)cc2)c2ccc(-c3ccc(N(C4=CCC(C5=CCCC=C5)C=C4)c4ccc(C5=CCCC=C5)cc4)cc3)cc2)cc1. The Balaban J connectivity index is 1.00. The lowest BCUT2D eigenvalue weighted by Crippen LogP contribution is -2.18. The number of anilines is 5. The summed E-state index contributed by atoms with van der Waals surface area (Å²) >= 11 is 0. The smallest absolute Gasteiger partial charge is 0.0462 e. The van der Waals surface area contributed by atoms with Crippen molar-refractivity contribution in [2.75, 3.05) is 9.80 Å². The fourth-order valence-electron chi connectivity index (χ4n) is 8.57. The highest BCUT2D eigenvalue weighted by Gasteiger charge is 2.20. The molecule has 0 N–H and O–H groups in total. The molecule has 4 aliphatic carbocycles. The molecule has 0 aliphatic heterocycles. The molecule has 2 heteroatoms. The first-order valence-corrected chi connectivity index (χ1v) is 21.3. The van der Waals surface area contributed by atoms with E-state index in [1.165, 1.54) is 44.7 Å². The molecule has 5 aromatic rings. The van der Waals surface area contributed by atoms with Gasteiger partial charge in [0.1, 0.15) is 0 Å². The van der Waals surface area contributed by atoms with Gasteiger partial charge in [0, 0.05) is 40.1 Å². The van der Waals surface area contributed by atoms with E-state index in [0.717, 1.165) is 71.7 Å². The molecule has 0 bridgehead atoms. The molecule has 2 nitrogen and oxygen atoms in total. The lowest BCUT2D eigenvalue weighted by atomic mass is 9.88. The monoisotopic (exact) mass is 774 g/mol. The minimum absolute atomic E-state index is 0.424. The Labute approximate surface area is 356 Å². The molecular formula is C58H50N2. The maximum Gasteiger partial charge on any atom is 0.0462 e. The standard InChI is InChI=1S/C58H50N2/c1-3-43(4-2)47-19-31-53(32-20-47)59(54-37-25-50(26-38-54)46-17-11-12-18-46)57-39-27-51(28-40-57)52-29-41-58(42-30-52)60(55-33-21-48(22-34-55)44-13-7-5-8-14-44)56-35-23-49(24-36-56)45-15-9-6-10-16-45/h3-4,7,9,11,13-23,25-42,49H,1,5-6,8,10,24H2,2H3/b43-4+. The van der Waals surface area contributed by atoms with Crippen molar-refractivity contribution in [3.05, 3.63) is 247 Å². The van der Waals surface area contributed by atoms with Crippen LogP contribution in [0.2, 0.25) is 0 Å². The van der Waals surface area contributed by atoms with Gasteiger partial charge in [-0.3, -0.25) is 0 Å². The predicted octanol–water partition coefficient (Wildman–Crippen LogP) is 16.1. The number of hydrogen-bond donors (Lipinski definition) is 0. The third-order valence-corrected chi connectivity index (χ3v) is 11.9. The molecule has 0 radical (unpaired) electrons. The van der Waals surface area contributed by atoms with Gasteiger partial charge < -0.3 is 9.80 Å². The van der Waals surface area contributed by atoms with Crippen molar-refractivity contribution in [3.8, 4) is 11.1 Å². The van der Waals surface area contributed by atoms with Crippen molar-refractivity contribution in [3.63, 3.8) is 0 Å². The van der Waals surface area contributed by atoms with Gasteiger partial charge in [0.25, 0.3) is 0 Å². The van der Waals surface area contributed by atoms with Crippen molar-refractivity contribution in [1.29, 1.82) is 0 Å². The van der Waals surface area contributed by atoms with Gasteiger partial charge in [-0.25, -0.2) is 0 Å². The second-order valence-electron chi connectivity index (χ2n) is 15.6. The molecule has 9 rings (SSSR count). The molecule has 0 amide bonds. The molecular weight excluding hydrogens is 725 g/mol. The van der Waals surface area contributed by atoms with Crippen LogP contribution in [0.15, 0.2) is 230 Å². The van der Waals surface area contributed by atoms with E-state index < -0.39 is 0 Å². The molecule has 0 saturated carbocycles. The fraction of sp³-hybridized carbons (Fsp3) is 0.121. The Bertz CT molecular complexity index is 2630. The van der Waals surface area contributed by atoms with Crippen LogP contribution >= 0.6 is 0 Å². The van der Waals surface area contributed by atoms with Crippen LogP contribution in [0.4, 0.5) is 28.4 Å². The van der Waals surface area contributed by atoms with E-state index in [9.17, 15) is 0 Å². The lowest BCUT2D eigenvalue weighted by Gasteiger charge is -2.30. The van der Waals surface area contributed by atoms with E-state index in [4.69, 9.17) is 0 Å². The summed E-state index contributed by atoms with van der Waals surface area (Å²) in [5, 5.41) is 0. The van der Waals surface area contributed by atoms with Gasteiger partial charge in [0.2, 0.25) is 0 Å². The highest BCUT2D eigenvalue weighted by molar-refractivity contribution is 5.84. The summed E-state index contributed by atoms with van der Waals surface area (Å²) in [7, 11) is 0. The minimum Gasteiger partial charge on any atom is -0.311 e. The minimum atomic E-state index is 0.424. The average molecular weight is 775 g/mol. The molecule has 5 aromatic carbocycles. The molecule has 292 valence electrons. The quantitative estimate of drug-likeness (QED) is 0.0920. The van der Waals surface area contributed by atoms with E-state index in [-0.39, 0.29) is 0 Å².